The highest BCUT2D eigenvalue weighted by Gasteiger charge is 2.40. The third-order valence-electron chi connectivity index (χ3n) is 3.95. The molecule has 0 bridgehead atoms. The largest absolute Gasteiger partial charge is 0.368 e. The molecule has 1 saturated heterocycles. The van der Waals surface area contributed by atoms with E-state index in [0.29, 0.717) is 19.3 Å². The van der Waals surface area contributed by atoms with Crippen molar-refractivity contribution >= 4 is 5.91 Å². The maximum Gasteiger partial charge on any atom is 0.234 e. The zero-order valence-electron chi connectivity index (χ0n) is 11.3. The van der Waals surface area contributed by atoms with Crippen LogP contribution in [0.4, 0.5) is 0 Å². The van der Waals surface area contributed by atoms with E-state index in [9.17, 15) is 4.79 Å². The van der Waals surface area contributed by atoms with Crippen LogP contribution in [0.15, 0.2) is 0 Å². The Balaban J connectivity index is 1.84. The lowest BCUT2D eigenvalue weighted by atomic mass is 9.88. The Morgan fingerprint density at radius 3 is 2.28 bits per heavy atom. The number of primary amides is 1. The number of carbonyl (C=O) groups excluding carboxylic acids is 1. The van der Waals surface area contributed by atoms with E-state index in [1.807, 2.05) is 13.8 Å². The molecule has 0 aromatic rings. The Hall–Kier alpha value is -0.650. The van der Waals surface area contributed by atoms with Gasteiger partial charge in [-0.3, -0.25) is 4.79 Å². The van der Waals surface area contributed by atoms with Gasteiger partial charge in [0.2, 0.25) is 5.91 Å². The Morgan fingerprint density at radius 1 is 1.28 bits per heavy atom. The number of rotatable bonds is 4. The van der Waals surface area contributed by atoms with Crippen LogP contribution in [0.3, 0.4) is 0 Å². The summed E-state index contributed by atoms with van der Waals surface area (Å²) in [5.74, 6) is -0.380. The van der Waals surface area contributed by atoms with Crippen molar-refractivity contribution in [3.63, 3.8) is 0 Å². The Labute approximate surface area is 108 Å². The summed E-state index contributed by atoms with van der Waals surface area (Å²) in [6.07, 6.45) is 3.73. The lowest BCUT2D eigenvalue weighted by molar-refractivity contribution is -0.179. The molecule has 1 aliphatic heterocycles. The van der Waals surface area contributed by atoms with Gasteiger partial charge in [-0.15, -0.1) is 0 Å². The molecule has 3 N–H and O–H groups in total. The van der Waals surface area contributed by atoms with Crippen LogP contribution in [0.25, 0.3) is 0 Å². The van der Waals surface area contributed by atoms with Gasteiger partial charge >= 0.3 is 0 Å². The Morgan fingerprint density at radius 2 is 1.83 bits per heavy atom. The summed E-state index contributed by atoms with van der Waals surface area (Å²) in [6.45, 7) is 5.42. The summed E-state index contributed by atoms with van der Waals surface area (Å²) >= 11 is 0. The van der Waals surface area contributed by atoms with Gasteiger partial charge in [-0.05, 0) is 18.8 Å². The van der Waals surface area contributed by atoms with Crippen molar-refractivity contribution in [2.45, 2.75) is 57.4 Å². The van der Waals surface area contributed by atoms with Gasteiger partial charge in [-0.2, -0.15) is 0 Å². The molecule has 1 amide bonds. The highest BCUT2D eigenvalue weighted by Crippen LogP contribution is 2.35. The van der Waals surface area contributed by atoms with E-state index in [0.717, 1.165) is 25.7 Å². The number of nitrogens with one attached hydrogen (secondary N) is 1. The van der Waals surface area contributed by atoms with Gasteiger partial charge in [0.15, 0.2) is 5.79 Å². The van der Waals surface area contributed by atoms with Crippen molar-refractivity contribution in [3.8, 4) is 0 Å². The van der Waals surface area contributed by atoms with Crippen LogP contribution in [0.2, 0.25) is 0 Å². The molecule has 5 nitrogen and oxygen atoms in total. The third-order valence-corrected chi connectivity index (χ3v) is 3.95. The minimum atomic E-state index is -0.335. The van der Waals surface area contributed by atoms with Crippen LogP contribution in [-0.2, 0) is 14.3 Å². The van der Waals surface area contributed by atoms with Crippen LogP contribution >= 0.6 is 0 Å². The summed E-state index contributed by atoms with van der Waals surface area (Å²) in [5, 5.41) is 3.38. The van der Waals surface area contributed by atoms with E-state index in [1.54, 1.807) is 0 Å². The summed E-state index contributed by atoms with van der Waals surface area (Å²) < 4.78 is 11.4. The average molecular weight is 256 g/mol. The smallest absolute Gasteiger partial charge is 0.234 e. The summed E-state index contributed by atoms with van der Waals surface area (Å²) in [4.78, 5) is 11.4. The van der Waals surface area contributed by atoms with Crippen molar-refractivity contribution in [1.82, 2.24) is 5.32 Å². The predicted molar refractivity (Wildman–Crippen MR) is 67.8 cm³/mol. The van der Waals surface area contributed by atoms with Gasteiger partial charge in [-0.1, -0.05) is 13.8 Å². The molecule has 104 valence electrons. The molecule has 1 atom stereocenters. The zero-order chi connectivity index (χ0) is 13.2. The molecular formula is C13H24N2O3. The standard InChI is InChI=1S/C13H24N2O3/c1-9(2)11(12(14)16)15-10-3-5-13(6-4-10)17-7-8-18-13/h9-11,15H,3-8H2,1-2H3,(H2,14,16). The fourth-order valence-corrected chi connectivity index (χ4v) is 2.87. The summed E-state index contributed by atoms with van der Waals surface area (Å²) in [5.41, 5.74) is 5.42. The third kappa shape index (κ3) is 3.02. The van der Waals surface area contributed by atoms with Crippen LogP contribution in [0.5, 0.6) is 0 Å². The van der Waals surface area contributed by atoms with E-state index in [4.69, 9.17) is 15.2 Å². The number of carbonyl (C=O) groups is 1. The van der Waals surface area contributed by atoms with Gasteiger partial charge in [0, 0.05) is 18.9 Å². The van der Waals surface area contributed by atoms with E-state index < -0.39 is 0 Å². The summed E-state index contributed by atoms with van der Waals surface area (Å²) in [7, 11) is 0. The van der Waals surface area contributed by atoms with Crippen molar-refractivity contribution in [3.05, 3.63) is 0 Å². The van der Waals surface area contributed by atoms with E-state index in [2.05, 4.69) is 5.32 Å². The number of hydrogen-bond donors (Lipinski definition) is 2. The number of nitrogens with two attached hydrogens (primary N) is 1. The van der Waals surface area contributed by atoms with Gasteiger partial charge in [-0.25, -0.2) is 0 Å². The lowest BCUT2D eigenvalue weighted by Gasteiger charge is -2.37. The van der Waals surface area contributed by atoms with E-state index in [-0.39, 0.29) is 23.7 Å². The molecule has 1 heterocycles. The van der Waals surface area contributed by atoms with Crippen molar-refractivity contribution in [2.75, 3.05) is 13.2 Å². The molecule has 0 aromatic carbocycles. The average Bonchev–Trinajstić information content (AvgIpc) is 2.76. The van der Waals surface area contributed by atoms with Crippen LogP contribution in [0, 0.1) is 5.92 Å². The normalized spacial score (nSPS) is 25.7. The molecule has 1 unspecified atom stereocenters. The quantitative estimate of drug-likeness (QED) is 0.779. The zero-order valence-corrected chi connectivity index (χ0v) is 11.3. The molecule has 18 heavy (non-hydrogen) atoms. The highest BCUT2D eigenvalue weighted by atomic mass is 16.7. The first-order valence-electron chi connectivity index (χ1n) is 6.86. The fraction of sp³-hybridized carbons (Fsp3) is 0.923. The van der Waals surface area contributed by atoms with Crippen LogP contribution in [-0.4, -0.2) is 37.0 Å². The van der Waals surface area contributed by atoms with Crippen molar-refractivity contribution < 1.29 is 14.3 Å². The first kappa shape index (κ1) is 13.8. The Kier molecular flexibility index (Phi) is 4.25. The minimum Gasteiger partial charge on any atom is -0.368 e. The number of ether oxygens (including phenoxy) is 2. The molecule has 0 radical (unpaired) electrons. The Bertz CT molecular complexity index is 291. The second kappa shape index (κ2) is 5.55. The summed E-state index contributed by atoms with van der Waals surface area (Å²) in [6, 6.07) is 0.0952. The molecule has 1 saturated carbocycles. The molecule has 1 aliphatic carbocycles. The monoisotopic (exact) mass is 256 g/mol. The molecular weight excluding hydrogens is 232 g/mol. The second-order valence-electron chi connectivity index (χ2n) is 5.67. The maximum atomic E-state index is 11.4. The highest BCUT2D eigenvalue weighted by molar-refractivity contribution is 5.80. The van der Waals surface area contributed by atoms with Gasteiger partial charge in [0.05, 0.1) is 19.3 Å². The molecule has 2 rings (SSSR count). The van der Waals surface area contributed by atoms with Gasteiger partial charge in [0.25, 0.3) is 0 Å². The first-order chi connectivity index (χ1) is 8.52. The lowest BCUT2D eigenvalue weighted by Crippen LogP contribution is -2.52. The van der Waals surface area contributed by atoms with E-state index in [1.165, 1.54) is 0 Å². The first-order valence-corrected chi connectivity index (χ1v) is 6.86. The molecule has 0 aromatic heterocycles. The number of amides is 1. The molecule has 1 spiro atoms. The second-order valence-corrected chi connectivity index (χ2v) is 5.67. The van der Waals surface area contributed by atoms with E-state index >= 15 is 0 Å². The molecule has 5 heteroatoms. The SMILES string of the molecule is CC(C)C(NC1CCC2(CC1)OCCO2)C(N)=O. The topological polar surface area (TPSA) is 73.6 Å². The molecule has 2 fully saturated rings. The number of hydrogen-bond acceptors (Lipinski definition) is 4. The van der Waals surface area contributed by atoms with Crippen molar-refractivity contribution in [2.24, 2.45) is 11.7 Å². The van der Waals surface area contributed by atoms with Gasteiger partial charge in [0.1, 0.15) is 0 Å². The molecule has 2 aliphatic rings. The van der Waals surface area contributed by atoms with Crippen LogP contribution < -0.4 is 11.1 Å². The van der Waals surface area contributed by atoms with Gasteiger partial charge < -0.3 is 20.5 Å². The van der Waals surface area contributed by atoms with Crippen LogP contribution in [0.1, 0.15) is 39.5 Å². The fourth-order valence-electron chi connectivity index (χ4n) is 2.87. The minimum absolute atomic E-state index is 0.220. The predicted octanol–water partition coefficient (Wildman–Crippen LogP) is 0.772. The maximum absolute atomic E-state index is 11.4. The van der Waals surface area contributed by atoms with Crippen molar-refractivity contribution in [1.29, 1.82) is 0 Å².